The summed E-state index contributed by atoms with van der Waals surface area (Å²) in [6, 6.07) is 8.64. The van der Waals surface area contributed by atoms with Crippen LogP contribution in [0.25, 0.3) is 0 Å². The summed E-state index contributed by atoms with van der Waals surface area (Å²) < 4.78 is 27.2. The largest absolute Gasteiger partial charge is 0.465 e. The highest BCUT2D eigenvalue weighted by molar-refractivity contribution is 5.67. The number of benzene rings is 1. The van der Waals surface area contributed by atoms with Gasteiger partial charge >= 0.3 is 6.09 Å². The summed E-state index contributed by atoms with van der Waals surface area (Å²) in [6.45, 7) is -1.38. The van der Waals surface area contributed by atoms with Crippen LogP contribution < -0.4 is 4.90 Å². The molecule has 2 rings (SSSR count). The average molecular weight is 254 g/mol. The Labute approximate surface area is 103 Å². The van der Waals surface area contributed by atoms with E-state index in [9.17, 15) is 13.6 Å². The molecule has 1 amide bonds. The van der Waals surface area contributed by atoms with Gasteiger partial charge in [0.05, 0.1) is 13.1 Å². The van der Waals surface area contributed by atoms with Crippen molar-refractivity contribution in [1.82, 2.24) is 4.90 Å². The highest BCUT2D eigenvalue weighted by Crippen LogP contribution is 2.25. The van der Waals surface area contributed by atoms with Crippen LogP contribution in [0.4, 0.5) is 19.3 Å². The maximum atomic E-state index is 13.6. The van der Waals surface area contributed by atoms with Crippen LogP contribution in [-0.2, 0) is 0 Å². The number of rotatable bonds is 1. The Bertz CT molecular complexity index is 462. The fourth-order valence-electron chi connectivity index (χ4n) is 1.74. The normalized spacial score (nSPS) is 18.6. The molecule has 1 N–H and O–H groups in total. The van der Waals surface area contributed by atoms with E-state index in [1.54, 1.807) is 30.3 Å². The molecule has 18 heavy (non-hydrogen) atoms. The third kappa shape index (κ3) is 2.77. The Morgan fingerprint density at radius 2 is 1.83 bits per heavy atom. The third-order valence-electron chi connectivity index (χ3n) is 2.56. The highest BCUT2D eigenvalue weighted by atomic mass is 19.3. The Morgan fingerprint density at radius 3 is 2.44 bits per heavy atom. The number of carbonyl (C=O) groups is 1. The van der Waals surface area contributed by atoms with Crippen LogP contribution in [-0.4, -0.2) is 35.1 Å². The molecule has 0 atom stereocenters. The fourth-order valence-corrected chi connectivity index (χ4v) is 1.74. The van der Waals surface area contributed by atoms with E-state index in [-0.39, 0.29) is 0 Å². The number of amides is 1. The van der Waals surface area contributed by atoms with Crippen LogP contribution in [0, 0.1) is 0 Å². The zero-order valence-electron chi connectivity index (χ0n) is 9.46. The molecule has 0 aliphatic carbocycles. The summed E-state index contributed by atoms with van der Waals surface area (Å²) >= 11 is 0. The maximum Gasteiger partial charge on any atom is 0.411 e. The molecule has 0 fully saturated rings. The molecular formula is C12H12F2N2O2. The standard InChI is InChI=1S/C12H12F2N2O2/c13-12(14)8-15(10-4-2-1-3-5-10)6-7-16(9-12)11(17)18/h1-7H,8-9H2,(H,17,18). The molecular weight excluding hydrogens is 242 g/mol. The van der Waals surface area contributed by atoms with Crippen LogP contribution in [0.5, 0.6) is 0 Å². The average Bonchev–Trinajstić information content (AvgIpc) is 2.49. The van der Waals surface area contributed by atoms with Gasteiger partial charge in [-0.05, 0) is 12.1 Å². The topological polar surface area (TPSA) is 43.8 Å². The lowest BCUT2D eigenvalue weighted by Gasteiger charge is -2.24. The van der Waals surface area contributed by atoms with Crippen molar-refractivity contribution in [2.75, 3.05) is 18.0 Å². The number of alkyl halides is 2. The first-order valence-electron chi connectivity index (χ1n) is 5.35. The van der Waals surface area contributed by atoms with E-state index >= 15 is 0 Å². The van der Waals surface area contributed by atoms with Gasteiger partial charge in [-0.25, -0.2) is 13.6 Å². The Kier molecular flexibility index (Phi) is 3.18. The second-order valence-corrected chi connectivity index (χ2v) is 4.03. The Hall–Kier alpha value is -2.11. The van der Waals surface area contributed by atoms with Gasteiger partial charge in [-0.2, -0.15) is 0 Å². The molecule has 0 saturated carbocycles. The molecule has 1 aliphatic rings. The molecule has 1 aromatic carbocycles. The molecule has 0 bridgehead atoms. The first kappa shape index (κ1) is 12.3. The lowest BCUT2D eigenvalue weighted by Crippen LogP contribution is -2.41. The van der Waals surface area contributed by atoms with E-state index in [2.05, 4.69) is 0 Å². The predicted octanol–water partition coefficient (Wildman–Crippen LogP) is 2.59. The van der Waals surface area contributed by atoms with Crippen LogP contribution in [0.1, 0.15) is 0 Å². The molecule has 1 aliphatic heterocycles. The lowest BCUT2D eigenvalue weighted by molar-refractivity contribution is -0.00728. The Morgan fingerprint density at radius 1 is 1.17 bits per heavy atom. The predicted molar refractivity (Wildman–Crippen MR) is 62.6 cm³/mol. The van der Waals surface area contributed by atoms with E-state index in [0.717, 1.165) is 6.20 Å². The molecule has 1 heterocycles. The third-order valence-corrected chi connectivity index (χ3v) is 2.56. The van der Waals surface area contributed by atoms with Crippen molar-refractivity contribution < 1.29 is 18.7 Å². The van der Waals surface area contributed by atoms with Crippen molar-refractivity contribution in [3.63, 3.8) is 0 Å². The van der Waals surface area contributed by atoms with Gasteiger partial charge in [0, 0.05) is 18.1 Å². The summed E-state index contributed by atoms with van der Waals surface area (Å²) in [5, 5.41) is 8.78. The molecule has 1 aromatic rings. The minimum absolute atomic E-state index is 0.544. The number of para-hydroxylation sites is 1. The van der Waals surface area contributed by atoms with Crippen molar-refractivity contribution in [2.45, 2.75) is 5.92 Å². The van der Waals surface area contributed by atoms with Gasteiger partial charge in [0.25, 0.3) is 5.92 Å². The SMILES string of the molecule is O=C(O)N1C=CN(c2ccccc2)CC(F)(F)C1. The second kappa shape index (κ2) is 4.64. The summed E-state index contributed by atoms with van der Waals surface area (Å²) in [6.07, 6.45) is 1.11. The molecule has 6 heteroatoms. The van der Waals surface area contributed by atoms with E-state index in [0.29, 0.717) is 10.6 Å². The van der Waals surface area contributed by atoms with Gasteiger partial charge in [-0.15, -0.1) is 0 Å². The summed E-state index contributed by atoms with van der Waals surface area (Å²) in [4.78, 5) is 12.7. The number of carboxylic acid groups (broad SMARTS) is 1. The van der Waals surface area contributed by atoms with Crippen molar-refractivity contribution in [1.29, 1.82) is 0 Å². The van der Waals surface area contributed by atoms with Crippen molar-refractivity contribution in [3.05, 3.63) is 42.7 Å². The Balaban J connectivity index is 2.28. The zero-order chi connectivity index (χ0) is 13.2. The van der Waals surface area contributed by atoms with E-state index in [4.69, 9.17) is 5.11 Å². The first-order valence-corrected chi connectivity index (χ1v) is 5.35. The smallest absolute Gasteiger partial charge is 0.411 e. The monoisotopic (exact) mass is 254 g/mol. The summed E-state index contributed by atoms with van der Waals surface area (Å²) in [5.74, 6) is -3.10. The highest BCUT2D eigenvalue weighted by Gasteiger charge is 2.37. The molecule has 0 aromatic heterocycles. The van der Waals surface area contributed by atoms with Gasteiger partial charge in [-0.3, -0.25) is 4.90 Å². The van der Waals surface area contributed by atoms with Crippen molar-refractivity contribution in [3.8, 4) is 0 Å². The van der Waals surface area contributed by atoms with Gasteiger partial charge in [0.15, 0.2) is 0 Å². The lowest BCUT2D eigenvalue weighted by atomic mass is 10.2. The zero-order valence-corrected chi connectivity index (χ0v) is 9.46. The van der Waals surface area contributed by atoms with Gasteiger partial charge in [0.1, 0.15) is 0 Å². The number of hydrogen-bond donors (Lipinski definition) is 1. The second-order valence-electron chi connectivity index (χ2n) is 4.03. The number of nitrogens with zero attached hydrogens (tertiary/aromatic N) is 2. The van der Waals surface area contributed by atoms with Crippen LogP contribution in [0.15, 0.2) is 42.7 Å². The van der Waals surface area contributed by atoms with Crippen molar-refractivity contribution in [2.24, 2.45) is 0 Å². The number of anilines is 1. The fraction of sp³-hybridized carbons (Fsp3) is 0.250. The molecule has 0 saturated heterocycles. The van der Waals surface area contributed by atoms with Gasteiger partial charge in [-0.1, -0.05) is 18.2 Å². The maximum absolute atomic E-state index is 13.6. The quantitative estimate of drug-likeness (QED) is 0.837. The molecule has 4 nitrogen and oxygen atoms in total. The minimum Gasteiger partial charge on any atom is -0.465 e. The van der Waals surface area contributed by atoms with E-state index in [1.165, 1.54) is 11.1 Å². The van der Waals surface area contributed by atoms with Crippen molar-refractivity contribution >= 4 is 11.8 Å². The molecule has 0 radical (unpaired) electrons. The summed E-state index contributed by atoms with van der Waals surface area (Å²) in [5.41, 5.74) is 0.598. The van der Waals surface area contributed by atoms with Gasteiger partial charge in [0.2, 0.25) is 0 Å². The molecule has 0 unspecified atom stereocenters. The van der Waals surface area contributed by atoms with Crippen LogP contribution >= 0.6 is 0 Å². The molecule has 0 spiro atoms. The van der Waals surface area contributed by atoms with Crippen LogP contribution in [0.2, 0.25) is 0 Å². The van der Waals surface area contributed by atoms with E-state index in [1.807, 2.05) is 0 Å². The minimum atomic E-state index is -3.10. The van der Waals surface area contributed by atoms with Crippen LogP contribution in [0.3, 0.4) is 0 Å². The van der Waals surface area contributed by atoms with Gasteiger partial charge < -0.3 is 10.0 Å². The number of hydrogen-bond acceptors (Lipinski definition) is 2. The van der Waals surface area contributed by atoms with E-state index < -0.39 is 25.1 Å². The summed E-state index contributed by atoms with van der Waals surface area (Å²) in [7, 11) is 0. The molecule has 96 valence electrons. The number of halogens is 2. The first-order chi connectivity index (χ1) is 8.48.